The van der Waals surface area contributed by atoms with Crippen LogP contribution in [0.1, 0.15) is 26.7 Å². The van der Waals surface area contributed by atoms with E-state index in [0.717, 1.165) is 39.1 Å². The lowest BCUT2D eigenvalue weighted by Gasteiger charge is -2.40. The zero-order valence-corrected chi connectivity index (χ0v) is 10.4. The molecule has 2 heterocycles. The molecule has 2 amide bonds. The number of amides is 2. The van der Waals surface area contributed by atoms with Crippen molar-refractivity contribution in [1.82, 2.24) is 15.1 Å². The number of piperazine rings is 1. The summed E-state index contributed by atoms with van der Waals surface area (Å²) in [7, 11) is 0. The minimum atomic E-state index is 0.251. The maximum atomic E-state index is 12.3. The Morgan fingerprint density at radius 3 is 2.81 bits per heavy atom. The Hall–Kier alpha value is -0.770. The van der Waals surface area contributed by atoms with Crippen LogP contribution in [-0.2, 0) is 0 Å². The van der Waals surface area contributed by atoms with E-state index in [-0.39, 0.29) is 6.03 Å². The number of nitrogens with zero attached hydrogens (tertiary/aromatic N) is 2. The third-order valence-corrected chi connectivity index (χ3v) is 3.67. The molecule has 4 heteroatoms. The standard InChI is InChI=1S/C12H23N3O/c1-10-4-3-6-14(9-10)12(16)15-7-5-13-8-11(15)2/h10-11,13H,3-9H2,1-2H3. The Morgan fingerprint density at radius 2 is 2.12 bits per heavy atom. The molecule has 92 valence electrons. The molecule has 0 radical (unpaired) electrons. The number of carbonyl (C=O) groups excluding carboxylic acids is 1. The van der Waals surface area contributed by atoms with E-state index >= 15 is 0 Å². The first-order valence-corrected chi connectivity index (χ1v) is 6.44. The molecule has 0 saturated carbocycles. The summed E-state index contributed by atoms with van der Waals surface area (Å²) in [5.74, 6) is 0.663. The van der Waals surface area contributed by atoms with Crippen LogP contribution in [0.3, 0.4) is 0 Å². The predicted octanol–water partition coefficient (Wildman–Crippen LogP) is 1.13. The highest BCUT2D eigenvalue weighted by molar-refractivity contribution is 5.75. The molecule has 2 unspecified atom stereocenters. The number of carbonyl (C=O) groups is 1. The van der Waals surface area contributed by atoms with Gasteiger partial charge < -0.3 is 15.1 Å². The molecule has 0 aliphatic carbocycles. The summed E-state index contributed by atoms with van der Waals surface area (Å²) >= 11 is 0. The van der Waals surface area contributed by atoms with Gasteiger partial charge in [-0.15, -0.1) is 0 Å². The topological polar surface area (TPSA) is 35.6 Å². The number of urea groups is 1. The monoisotopic (exact) mass is 225 g/mol. The molecule has 2 fully saturated rings. The summed E-state index contributed by atoms with van der Waals surface area (Å²) in [5, 5.41) is 3.32. The number of nitrogens with one attached hydrogen (secondary N) is 1. The second kappa shape index (κ2) is 5.04. The van der Waals surface area contributed by atoms with Gasteiger partial charge in [-0.3, -0.25) is 0 Å². The lowest BCUT2D eigenvalue weighted by atomic mass is 10.0. The fraction of sp³-hybridized carbons (Fsp3) is 0.917. The minimum absolute atomic E-state index is 0.251. The van der Waals surface area contributed by atoms with Gasteiger partial charge in [0, 0.05) is 38.8 Å². The quantitative estimate of drug-likeness (QED) is 0.671. The lowest BCUT2D eigenvalue weighted by Crippen LogP contribution is -2.57. The number of hydrogen-bond acceptors (Lipinski definition) is 2. The van der Waals surface area contributed by atoms with Crippen LogP contribution < -0.4 is 5.32 Å². The Kier molecular flexibility index (Phi) is 3.69. The van der Waals surface area contributed by atoms with E-state index < -0.39 is 0 Å². The molecule has 2 saturated heterocycles. The summed E-state index contributed by atoms with van der Waals surface area (Å²) in [4.78, 5) is 16.4. The molecular weight excluding hydrogens is 202 g/mol. The van der Waals surface area contributed by atoms with Crippen LogP contribution >= 0.6 is 0 Å². The SMILES string of the molecule is CC1CCCN(C(=O)N2CCNCC2C)C1. The molecule has 0 aromatic carbocycles. The molecule has 1 N–H and O–H groups in total. The first-order valence-electron chi connectivity index (χ1n) is 6.44. The molecule has 0 bridgehead atoms. The van der Waals surface area contributed by atoms with Gasteiger partial charge >= 0.3 is 6.03 Å². The second-order valence-corrected chi connectivity index (χ2v) is 5.22. The first-order chi connectivity index (χ1) is 7.68. The van der Waals surface area contributed by atoms with Gasteiger partial charge in [0.15, 0.2) is 0 Å². The minimum Gasteiger partial charge on any atom is -0.324 e. The van der Waals surface area contributed by atoms with Gasteiger partial charge in [-0.05, 0) is 25.7 Å². The van der Waals surface area contributed by atoms with E-state index in [1.807, 2.05) is 9.80 Å². The number of piperidine rings is 1. The summed E-state index contributed by atoms with van der Waals surface area (Å²) in [5.41, 5.74) is 0. The van der Waals surface area contributed by atoms with Gasteiger partial charge in [0.05, 0.1) is 0 Å². The van der Waals surface area contributed by atoms with Crippen LogP contribution in [0.5, 0.6) is 0 Å². The van der Waals surface area contributed by atoms with Crippen LogP contribution in [0.15, 0.2) is 0 Å². The lowest BCUT2D eigenvalue weighted by molar-refractivity contribution is 0.109. The van der Waals surface area contributed by atoms with E-state index in [1.54, 1.807) is 0 Å². The number of likely N-dealkylation sites (tertiary alicyclic amines) is 1. The van der Waals surface area contributed by atoms with Crippen molar-refractivity contribution in [1.29, 1.82) is 0 Å². The molecule has 2 aliphatic heterocycles. The largest absolute Gasteiger partial charge is 0.324 e. The Labute approximate surface area is 98.0 Å². The zero-order chi connectivity index (χ0) is 11.5. The van der Waals surface area contributed by atoms with Crippen LogP contribution in [0.4, 0.5) is 4.79 Å². The van der Waals surface area contributed by atoms with Crippen molar-refractivity contribution in [2.75, 3.05) is 32.7 Å². The van der Waals surface area contributed by atoms with Crippen molar-refractivity contribution in [2.24, 2.45) is 5.92 Å². The van der Waals surface area contributed by atoms with Crippen LogP contribution in [0.25, 0.3) is 0 Å². The van der Waals surface area contributed by atoms with Crippen molar-refractivity contribution < 1.29 is 4.79 Å². The third kappa shape index (κ3) is 2.48. The smallest absolute Gasteiger partial charge is 0.320 e. The Balaban J connectivity index is 1.94. The van der Waals surface area contributed by atoms with Gasteiger partial charge in [-0.2, -0.15) is 0 Å². The van der Waals surface area contributed by atoms with Gasteiger partial charge in [0.2, 0.25) is 0 Å². The molecule has 0 aromatic heterocycles. The molecule has 2 rings (SSSR count). The number of hydrogen-bond donors (Lipinski definition) is 1. The van der Waals surface area contributed by atoms with Crippen molar-refractivity contribution in [3.63, 3.8) is 0 Å². The van der Waals surface area contributed by atoms with Crippen LogP contribution in [0.2, 0.25) is 0 Å². The Bertz CT molecular complexity index is 257. The first kappa shape index (κ1) is 11.7. The highest BCUT2D eigenvalue weighted by Gasteiger charge is 2.29. The zero-order valence-electron chi connectivity index (χ0n) is 10.4. The fourth-order valence-electron chi connectivity index (χ4n) is 2.67. The molecule has 0 aromatic rings. The second-order valence-electron chi connectivity index (χ2n) is 5.22. The van der Waals surface area contributed by atoms with Crippen LogP contribution in [0, 0.1) is 5.92 Å². The van der Waals surface area contributed by atoms with E-state index in [9.17, 15) is 4.79 Å². The predicted molar refractivity (Wildman–Crippen MR) is 64.4 cm³/mol. The molecule has 16 heavy (non-hydrogen) atoms. The molecule has 4 nitrogen and oxygen atoms in total. The van der Waals surface area contributed by atoms with E-state index in [4.69, 9.17) is 0 Å². The molecule has 0 spiro atoms. The van der Waals surface area contributed by atoms with Crippen molar-refractivity contribution in [3.05, 3.63) is 0 Å². The highest BCUT2D eigenvalue weighted by Crippen LogP contribution is 2.18. The maximum Gasteiger partial charge on any atom is 0.320 e. The highest BCUT2D eigenvalue weighted by atomic mass is 16.2. The summed E-state index contributed by atoms with van der Waals surface area (Å²) < 4.78 is 0. The molecule has 2 atom stereocenters. The normalized spacial score (nSPS) is 31.6. The summed E-state index contributed by atoms with van der Waals surface area (Å²) in [6.07, 6.45) is 2.42. The van der Waals surface area contributed by atoms with Crippen LogP contribution in [-0.4, -0.2) is 54.6 Å². The van der Waals surface area contributed by atoms with Crippen molar-refractivity contribution in [2.45, 2.75) is 32.7 Å². The summed E-state index contributed by atoms with van der Waals surface area (Å²) in [6.45, 7) is 8.95. The Morgan fingerprint density at radius 1 is 1.31 bits per heavy atom. The average Bonchev–Trinajstić information content (AvgIpc) is 2.29. The van der Waals surface area contributed by atoms with E-state index in [2.05, 4.69) is 19.2 Å². The van der Waals surface area contributed by atoms with Gasteiger partial charge in [-0.25, -0.2) is 4.79 Å². The summed E-state index contributed by atoms with van der Waals surface area (Å²) in [6, 6.07) is 0.582. The number of rotatable bonds is 0. The van der Waals surface area contributed by atoms with Gasteiger partial charge in [0.1, 0.15) is 0 Å². The molecular formula is C12H23N3O. The van der Waals surface area contributed by atoms with Crippen molar-refractivity contribution >= 4 is 6.03 Å². The molecule has 2 aliphatic rings. The fourth-order valence-corrected chi connectivity index (χ4v) is 2.67. The maximum absolute atomic E-state index is 12.3. The van der Waals surface area contributed by atoms with Crippen molar-refractivity contribution in [3.8, 4) is 0 Å². The van der Waals surface area contributed by atoms with Gasteiger partial charge in [-0.1, -0.05) is 6.92 Å². The average molecular weight is 225 g/mol. The van der Waals surface area contributed by atoms with Gasteiger partial charge in [0.25, 0.3) is 0 Å². The van der Waals surface area contributed by atoms with E-state index in [1.165, 1.54) is 6.42 Å². The van der Waals surface area contributed by atoms with E-state index in [0.29, 0.717) is 12.0 Å². The third-order valence-electron chi connectivity index (χ3n) is 3.67.